The molecular weight excluding hydrogens is 520 g/mol. The van der Waals surface area contributed by atoms with E-state index in [9.17, 15) is 13.2 Å². The van der Waals surface area contributed by atoms with E-state index in [-0.39, 0.29) is 10.9 Å². The van der Waals surface area contributed by atoms with E-state index in [1.54, 1.807) is 30.5 Å². The van der Waals surface area contributed by atoms with Crippen molar-refractivity contribution in [3.8, 4) is 22.9 Å². The fourth-order valence-electron chi connectivity index (χ4n) is 5.01. The SMILES string of the molecule is CC(=O)Nc1cc(Nc2cc(N3CC4CC4C3)cc(S(C)(=O)=O)n2)c(-c2ccc3c(n2)OCC(C)(C)O3)cn1. The van der Waals surface area contributed by atoms with Crippen molar-refractivity contribution in [2.45, 2.75) is 37.8 Å². The van der Waals surface area contributed by atoms with E-state index in [1.165, 1.54) is 13.3 Å². The number of hydrogen-bond donors (Lipinski definition) is 2. The Labute approximate surface area is 226 Å². The summed E-state index contributed by atoms with van der Waals surface area (Å²) in [5.74, 6) is 2.68. The second kappa shape index (κ2) is 9.08. The second-order valence-corrected chi connectivity index (χ2v) is 13.0. The lowest BCUT2D eigenvalue weighted by molar-refractivity contribution is -0.114. The summed E-state index contributed by atoms with van der Waals surface area (Å²) < 4.78 is 36.9. The van der Waals surface area contributed by atoms with Gasteiger partial charge in [-0.2, -0.15) is 0 Å². The van der Waals surface area contributed by atoms with Gasteiger partial charge in [0.1, 0.15) is 23.8 Å². The molecule has 39 heavy (non-hydrogen) atoms. The Balaban J connectivity index is 1.40. The number of fused-ring (bicyclic) bond motifs is 2. The minimum absolute atomic E-state index is 0.0131. The number of anilines is 4. The molecule has 2 atom stereocenters. The lowest BCUT2D eigenvalue weighted by Crippen LogP contribution is -2.39. The van der Waals surface area contributed by atoms with Gasteiger partial charge in [-0.15, -0.1) is 0 Å². The molecule has 2 fully saturated rings. The standard InChI is InChI=1S/C27H30N6O5S/c1-15(34)29-23-10-21(19(11-28-23)20-5-6-22-26(31-20)37-14-27(2,3)38-22)30-24-8-18(9-25(32-24)39(4,35)36)33-12-16-7-17(16)13-33/h5-6,8-11,16-17H,7,12-14H2,1-4H3,(H2,28,29,30,32,34). The van der Waals surface area contributed by atoms with Gasteiger partial charge in [-0.25, -0.2) is 23.4 Å². The average molecular weight is 551 g/mol. The van der Waals surface area contributed by atoms with Crippen LogP contribution in [0.25, 0.3) is 11.3 Å². The minimum Gasteiger partial charge on any atom is -0.479 e. The van der Waals surface area contributed by atoms with Crippen LogP contribution in [-0.4, -0.2) is 60.8 Å². The van der Waals surface area contributed by atoms with E-state index in [0.717, 1.165) is 25.0 Å². The molecule has 1 aliphatic carbocycles. The predicted molar refractivity (Wildman–Crippen MR) is 146 cm³/mol. The van der Waals surface area contributed by atoms with Crippen molar-refractivity contribution in [1.29, 1.82) is 0 Å². The van der Waals surface area contributed by atoms with Crippen molar-refractivity contribution >= 4 is 38.8 Å². The number of nitrogens with zero attached hydrogens (tertiary/aromatic N) is 4. The molecule has 0 bridgehead atoms. The third-order valence-corrected chi connectivity index (χ3v) is 7.99. The Kier molecular flexibility index (Phi) is 5.90. The molecule has 0 spiro atoms. The molecule has 12 heteroatoms. The highest BCUT2D eigenvalue weighted by atomic mass is 32.2. The zero-order chi connectivity index (χ0) is 27.5. The topological polar surface area (TPSA) is 136 Å². The van der Waals surface area contributed by atoms with Crippen LogP contribution in [0, 0.1) is 11.8 Å². The largest absolute Gasteiger partial charge is 0.479 e. The van der Waals surface area contributed by atoms with Crippen LogP contribution >= 0.6 is 0 Å². The van der Waals surface area contributed by atoms with Crippen molar-refractivity contribution in [2.24, 2.45) is 11.8 Å². The Morgan fingerprint density at radius 2 is 1.87 bits per heavy atom. The number of amides is 1. The molecule has 1 amide bonds. The van der Waals surface area contributed by atoms with Crippen LogP contribution in [0.5, 0.6) is 11.6 Å². The van der Waals surface area contributed by atoms with Crippen molar-refractivity contribution in [3.05, 3.63) is 36.5 Å². The monoisotopic (exact) mass is 550 g/mol. The maximum atomic E-state index is 12.5. The summed E-state index contributed by atoms with van der Waals surface area (Å²) >= 11 is 0. The molecule has 3 aliphatic rings. The zero-order valence-corrected chi connectivity index (χ0v) is 23.0. The Morgan fingerprint density at radius 3 is 2.59 bits per heavy atom. The Bertz CT molecular complexity index is 1580. The number of carbonyl (C=O) groups excluding carboxylic acids is 1. The number of rotatable bonds is 6. The summed E-state index contributed by atoms with van der Waals surface area (Å²) in [7, 11) is -3.57. The van der Waals surface area contributed by atoms with Crippen LogP contribution < -0.4 is 25.0 Å². The van der Waals surface area contributed by atoms with Gasteiger partial charge in [-0.05, 0) is 50.3 Å². The number of hydrogen-bond acceptors (Lipinski definition) is 10. The molecule has 3 aromatic rings. The first-order valence-electron chi connectivity index (χ1n) is 12.8. The van der Waals surface area contributed by atoms with Crippen molar-refractivity contribution < 1.29 is 22.7 Å². The van der Waals surface area contributed by atoms with Crippen LogP contribution in [0.2, 0.25) is 0 Å². The van der Waals surface area contributed by atoms with Gasteiger partial charge in [-0.3, -0.25) is 4.79 Å². The highest BCUT2D eigenvalue weighted by molar-refractivity contribution is 7.90. The van der Waals surface area contributed by atoms with E-state index in [1.807, 2.05) is 19.9 Å². The summed E-state index contributed by atoms with van der Waals surface area (Å²) in [5, 5.41) is 5.95. The van der Waals surface area contributed by atoms with E-state index in [2.05, 4.69) is 30.5 Å². The fourth-order valence-corrected chi connectivity index (χ4v) is 5.61. The third-order valence-electron chi connectivity index (χ3n) is 7.03. The van der Waals surface area contributed by atoms with E-state index >= 15 is 0 Å². The molecule has 1 saturated carbocycles. The predicted octanol–water partition coefficient (Wildman–Crippen LogP) is 3.65. The smallest absolute Gasteiger partial charge is 0.257 e. The number of carbonyl (C=O) groups is 1. The van der Waals surface area contributed by atoms with Crippen molar-refractivity contribution in [1.82, 2.24) is 15.0 Å². The number of piperidine rings is 1. The highest BCUT2D eigenvalue weighted by Gasteiger charge is 2.45. The van der Waals surface area contributed by atoms with Crippen LogP contribution in [0.3, 0.4) is 0 Å². The highest BCUT2D eigenvalue weighted by Crippen LogP contribution is 2.47. The molecule has 2 N–H and O–H groups in total. The minimum atomic E-state index is -3.57. The van der Waals surface area contributed by atoms with Gasteiger partial charge < -0.3 is 25.0 Å². The first-order chi connectivity index (χ1) is 18.4. The van der Waals surface area contributed by atoms with Gasteiger partial charge in [-0.1, -0.05) is 0 Å². The van der Waals surface area contributed by atoms with Crippen LogP contribution in [-0.2, 0) is 14.6 Å². The molecular formula is C27H30N6O5S. The summed E-state index contributed by atoms with van der Waals surface area (Å²) in [4.78, 5) is 27.4. The van der Waals surface area contributed by atoms with Gasteiger partial charge in [0, 0.05) is 55.8 Å². The van der Waals surface area contributed by atoms with Crippen LogP contribution in [0.1, 0.15) is 27.2 Å². The fraction of sp³-hybridized carbons (Fsp3) is 0.407. The maximum absolute atomic E-state index is 12.5. The Hall–Kier alpha value is -3.93. The lowest BCUT2D eigenvalue weighted by Gasteiger charge is -2.31. The number of sulfone groups is 1. The lowest BCUT2D eigenvalue weighted by atomic mass is 10.1. The van der Waals surface area contributed by atoms with Crippen LogP contribution in [0.4, 0.5) is 23.0 Å². The molecule has 0 aromatic carbocycles. The molecule has 2 aliphatic heterocycles. The van der Waals surface area contributed by atoms with Gasteiger partial charge in [0.15, 0.2) is 20.6 Å². The molecule has 6 rings (SSSR count). The summed E-state index contributed by atoms with van der Waals surface area (Å²) in [6.07, 6.45) is 3.97. The van der Waals surface area contributed by atoms with Gasteiger partial charge in [0.2, 0.25) is 5.91 Å². The quantitative estimate of drug-likeness (QED) is 0.468. The average Bonchev–Trinajstić information content (AvgIpc) is 3.47. The van der Waals surface area contributed by atoms with Gasteiger partial charge in [0.05, 0.1) is 11.4 Å². The van der Waals surface area contributed by atoms with E-state index in [4.69, 9.17) is 9.47 Å². The molecule has 11 nitrogen and oxygen atoms in total. The summed E-state index contributed by atoms with van der Waals surface area (Å²) in [5.41, 5.74) is 2.04. The van der Waals surface area contributed by atoms with E-state index in [0.29, 0.717) is 58.7 Å². The molecule has 0 radical (unpaired) electrons. The zero-order valence-electron chi connectivity index (χ0n) is 22.2. The molecule has 1 saturated heterocycles. The molecule has 204 valence electrons. The normalized spacial score (nSPS) is 20.8. The number of ether oxygens (including phenoxy) is 2. The number of aromatic nitrogens is 3. The maximum Gasteiger partial charge on any atom is 0.257 e. The molecule has 2 unspecified atom stereocenters. The second-order valence-electron chi connectivity index (χ2n) is 11.1. The van der Waals surface area contributed by atoms with Gasteiger partial charge in [0.25, 0.3) is 5.88 Å². The Morgan fingerprint density at radius 1 is 1.10 bits per heavy atom. The molecule has 5 heterocycles. The number of pyridine rings is 3. The third kappa shape index (κ3) is 5.33. The summed E-state index contributed by atoms with van der Waals surface area (Å²) in [6.45, 7) is 7.44. The first-order valence-corrected chi connectivity index (χ1v) is 14.7. The van der Waals surface area contributed by atoms with Crippen LogP contribution in [0.15, 0.2) is 41.6 Å². The van der Waals surface area contributed by atoms with Gasteiger partial charge >= 0.3 is 0 Å². The summed E-state index contributed by atoms with van der Waals surface area (Å²) in [6, 6.07) is 8.74. The van der Waals surface area contributed by atoms with E-state index < -0.39 is 15.4 Å². The van der Waals surface area contributed by atoms with Crippen molar-refractivity contribution in [3.63, 3.8) is 0 Å². The first kappa shape index (κ1) is 25.4. The van der Waals surface area contributed by atoms with Crippen molar-refractivity contribution in [2.75, 3.05) is 41.5 Å². The molecule has 3 aromatic heterocycles. The number of nitrogens with one attached hydrogen (secondary N) is 2.